The van der Waals surface area contributed by atoms with Crippen molar-refractivity contribution in [1.82, 2.24) is 4.98 Å². The van der Waals surface area contributed by atoms with Gasteiger partial charge in [0.05, 0.1) is 18.0 Å². The zero-order valence-electron chi connectivity index (χ0n) is 7.85. The van der Waals surface area contributed by atoms with Gasteiger partial charge in [-0.25, -0.2) is 8.78 Å². The molecule has 1 heterocycles. The van der Waals surface area contributed by atoms with Gasteiger partial charge in [0.1, 0.15) is 0 Å². The molecular weight excluding hydrogens is 255 g/mol. The number of rotatable bonds is 1. The third-order valence-electron chi connectivity index (χ3n) is 2.00. The summed E-state index contributed by atoms with van der Waals surface area (Å²) in [6, 6.07) is 4.37. The Morgan fingerprint density at radius 2 is 1.38 bits per heavy atom. The molecule has 1 aromatic carbocycles. The molecule has 0 aliphatic carbocycles. The largest absolute Gasteiger partial charge is 0.259 e. The van der Waals surface area contributed by atoms with Gasteiger partial charge < -0.3 is 0 Å². The van der Waals surface area contributed by atoms with E-state index in [1.807, 2.05) is 0 Å². The van der Waals surface area contributed by atoms with Crippen LogP contribution >= 0.6 is 23.2 Å². The van der Waals surface area contributed by atoms with Crippen molar-refractivity contribution in [3.05, 3.63) is 52.3 Å². The number of hydrogen-bond acceptors (Lipinski definition) is 1. The highest BCUT2D eigenvalue weighted by atomic mass is 35.5. The highest BCUT2D eigenvalue weighted by molar-refractivity contribution is 6.35. The van der Waals surface area contributed by atoms with E-state index in [9.17, 15) is 8.78 Å². The second-order valence-corrected chi connectivity index (χ2v) is 4.01. The number of benzene rings is 1. The predicted octanol–water partition coefficient (Wildman–Crippen LogP) is 4.33. The molecule has 0 aliphatic heterocycles. The van der Waals surface area contributed by atoms with E-state index >= 15 is 0 Å². The average molecular weight is 260 g/mol. The molecule has 0 radical (unpaired) electrons. The van der Waals surface area contributed by atoms with Gasteiger partial charge in [-0.2, -0.15) is 0 Å². The van der Waals surface area contributed by atoms with Crippen LogP contribution < -0.4 is 0 Å². The van der Waals surface area contributed by atoms with Crippen LogP contribution in [-0.2, 0) is 0 Å². The van der Waals surface area contributed by atoms with Crippen molar-refractivity contribution in [3.8, 4) is 11.1 Å². The minimum Gasteiger partial charge on any atom is -0.259 e. The number of aromatic nitrogens is 1. The van der Waals surface area contributed by atoms with Gasteiger partial charge in [0.2, 0.25) is 0 Å². The lowest BCUT2D eigenvalue weighted by Gasteiger charge is -2.05. The molecule has 0 spiro atoms. The van der Waals surface area contributed by atoms with E-state index in [-0.39, 0.29) is 11.1 Å². The maximum atomic E-state index is 13.4. The van der Waals surface area contributed by atoms with Gasteiger partial charge in [-0.3, -0.25) is 4.98 Å². The molecule has 2 rings (SSSR count). The molecule has 2 aromatic rings. The van der Waals surface area contributed by atoms with Crippen LogP contribution in [0.4, 0.5) is 8.78 Å². The Hall–Kier alpha value is -1.19. The summed E-state index contributed by atoms with van der Waals surface area (Å²) in [5, 5.41) is 0.635. The minimum absolute atomic E-state index is 0.181. The van der Waals surface area contributed by atoms with Crippen LogP contribution in [0.15, 0.2) is 30.6 Å². The molecule has 0 aliphatic rings. The van der Waals surface area contributed by atoms with Crippen LogP contribution in [0.5, 0.6) is 0 Å². The van der Waals surface area contributed by atoms with Gasteiger partial charge in [0.25, 0.3) is 0 Å². The van der Waals surface area contributed by atoms with E-state index in [1.54, 1.807) is 0 Å². The fraction of sp³-hybridized carbons (Fsp3) is 0. The molecule has 0 saturated carbocycles. The maximum Gasteiger partial charge on any atom is 0.152 e. The molecule has 0 atom stereocenters. The van der Waals surface area contributed by atoms with Gasteiger partial charge >= 0.3 is 0 Å². The zero-order valence-corrected chi connectivity index (χ0v) is 9.36. The van der Waals surface area contributed by atoms with Gasteiger partial charge in [-0.05, 0) is 23.8 Å². The summed E-state index contributed by atoms with van der Waals surface area (Å²) in [6.07, 6.45) is 1.88. The van der Waals surface area contributed by atoms with Gasteiger partial charge in [-0.15, -0.1) is 0 Å². The van der Waals surface area contributed by atoms with E-state index in [0.717, 1.165) is 12.4 Å². The Kier molecular flexibility index (Phi) is 3.08. The van der Waals surface area contributed by atoms with E-state index in [4.69, 9.17) is 23.2 Å². The molecule has 0 saturated heterocycles. The quantitative estimate of drug-likeness (QED) is 0.743. The first-order chi connectivity index (χ1) is 7.58. The van der Waals surface area contributed by atoms with Gasteiger partial charge in [0, 0.05) is 10.0 Å². The fourth-order valence-electron chi connectivity index (χ4n) is 1.39. The van der Waals surface area contributed by atoms with Crippen LogP contribution in [0.3, 0.4) is 0 Å². The Bertz CT molecular complexity index is 503. The molecule has 0 N–H and O–H groups in total. The molecule has 0 amide bonds. The third kappa shape index (κ3) is 2.15. The number of nitrogens with zero attached hydrogens (tertiary/aromatic N) is 1. The van der Waals surface area contributed by atoms with Gasteiger partial charge in [0.15, 0.2) is 11.6 Å². The summed E-state index contributed by atoms with van der Waals surface area (Å²) in [4.78, 5) is 3.40. The monoisotopic (exact) mass is 259 g/mol. The molecule has 0 fully saturated rings. The molecule has 0 unspecified atom stereocenters. The summed E-state index contributed by atoms with van der Waals surface area (Å²) in [6.45, 7) is 0. The number of halogens is 4. The smallest absolute Gasteiger partial charge is 0.152 e. The highest BCUT2D eigenvalue weighted by Crippen LogP contribution is 2.30. The lowest BCUT2D eigenvalue weighted by molar-refractivity contribution is 0.579. The van der Waals surface area contributed by atoms with Crippen molar-refractivity contribution in [2.75, 3.05) is 0 Å². The Morgan fingerprint density at radius 3 is 1.88 bits per heavy atom. The topological polar surface area (TPSA) is 12.9 Å². The van der Waals surface area contributed by atoms with E-state index in [2.05, 4.69) is 4.98 Å². The van der Waals surface area contributed by atoms with Crippen molar-refractivity contribution in [1.29, 1.82) is 0 Å². The van der Waals surface area contributed by atoms with Crippen LogP contribution in [0, 0.1) is 11.6 Å². The molecule has 82 valence electrons. The number of pyridine rings is 1. The van der Waals surface area contributed by atoms with Gasteiger partial charge in [-0.1, -0.05) is 23.2 Å². The normalized spacial score (nSPS) is 10.5. The predicted molar refractivity (Wildman–Crippen MR) is 59.6 cm³/mol. The maximum absolute atomic E-state index is 13.4. The summed E-state index contributed by atoms with van der Waals surface area (Å²) in [5.41, 5.74) is 0.106. The fourth-order valence-corrected chi connectivity index (χ4v) is 1.91. The van der Waals surface area contributed by atoms with Crippen LogP contribution in [-0.4, -0.2) is 4.98 Å². The summed E-state index contributed by atoms with van der Waals surface area (Å²) >= 11 is 11.5. The summed E-state index contributed by atoms with van der Waals surface area (Å²) in [7, 11) is 0. The van der Waals surface area contributed by atoms with E-state index in [0.29, 0.717) is 10.0 Å². The van der Waals surface area contributed by atoms with E-state index < -0.39 is 11.6 Å². The molecule has 1 aromatic heterocycles. The SMILES string of the molecule is Fc1cncc(F)c1-c1cc(Cl)cc(Cl)c1. The minimum atomic E-state index is -0.752. The molecule has 1 nitrogen and oxygen atoms in total. The van der Waals surface area contributed by atoms with Crippen molar-refractivity contribution >= 4 is 23.2 Å². The summed E-state index contributed by atoms with van der Waals surface area (Å²) in [5.74, 6) is -1.50. The lowest BCUT2D eigenvalue weighted by Crippen LogP contribution is -1.91. The lowest BCUT2D eigenvalue weighted by atomic mass is 10.1. The van der Waals surface area contributed by atoms with Crippen molar-refractivity contribution in [2.45, 2.75) is 0 Å². The van der Waals surface area contributed by atoms with Crippen molar-refractivity contribution in [3.63, 3.8) is 0 Å². The van der Waals surface area contributed by atoms with Crippen molar-refractivity contribution in [2.24, 2.45) is 0 Å². The van der Waals surface area contributed by atoms with Crippen LogP contribution in [0.1, 0.15) is 0 Å². The standard InChI is InChI=1S/C11H5Cl2F2N/c12-7-1-6(2-8(13)3-7)11-9(14)4-16-5-10(11)15/h1-5H. The third-order valence-corrected chi connectivity index (χ3v) is 2.44. The Labute approximate surface area is 101 Å². The first-order valence-electron chi connectivity index (χ1n) is 4.33. The summed E-state index contributed by atoms with van der Waals surface area (Å²) < 4.78 is 26.8. The molecule has 5 heteroatoms. The Balaban J connectivity index is 2.67. The zero-order chi connectivity index (χ0) is 11.7. The second-order valence-electron chi connectivity index (χ2n) is 3.14. The highest BCUT2D eigenvalue weighted by Gasteiger charge is 2.12. The van der Waals surface area contributed by atoms with Crippen LogP contribution in [0.25, 0.3) is 11.1 Å². The van der Waals surface area contributed by atoms with Crippen LogP contribution in [0.2, 0.25) is 10.0 Å². The average Bonchev–Trinajstić information content (AvgIpc) is 2.15. The molecule has 16 heavy (non-hydrogen) atoms. The first kappa shape index (κ1) is 11.3. The Morgan fingerprint density at radius 1 is 0.875 bits per heavy atom. The number of hydrogen-bond donors (Lipinski definition) is 0. The van der Waals surface area contributed by atoms with E-state index in [1.165, 1.54) is 18.2 Å². The molecule has 0 bridgehead atoms. The first-order valence-corrected chi connectivity index (χ1v) is 5.09. The second kappa shape index (κ2) is 4.36. The molecular formula is C11H5Cl2F2N. The van der Waals surface area contributed by atoms with Crippen molar-refractivity contribution < 1.29 is 8.78 Å².